The van der Waals surface area contributed by atoms with Gasteiger partial charge in [0.05, 0.1) is 12.6 Å². The molecule has 0 aliphatic carbocycles. The highest BCUT2D eigenvalue weighted by Crippen LogP contribution is 2.37. The summed E-state index contributed by atoms with van der Waals surface area (Å²) in [6, 6.07) is -0.987. The number of imidazole rings is 1. The number of unbranched alkanes of at least 4 members (excludes halogenated alkanes) is 2. The fraction of sp³-hybridized carbons (Fsp3) is 0.720. The van der Waals surface area contributed by atoms with Crippen molar-refractivity contribution in [3.05, 3.63) is 6.33 Å². The number of nitrogens with two attached hydrogens (primary N) is 2. The van der Waals surface area contributed by atoms with Gasteiger partial charge in [-0.2, -0.15) is 9.97 Å². The number of nitrogens with one attached hydrogen (secondary N) is 3. The molecule has 0 radical (unpaired) electrons. The lowest BCUT2D eigenvalue weighted by molar-refractivity contribution is -0.177. The number of sulfonamides is 1. The molecule has 0 aromatic carbocycles. The normalized spacial score (nSPS) is 24.7. The van der Waals surface area contributed by atoms with Crippen molar-refractivity contribution in [1.29, 1.82) is 0 Å². The smallest absolute Gasteiger partial charge is 0.320 e. The Morgan fingerprint density at radius 3 is 2.68 bits per heavy atom. The molecule has 2 aromatic rings. The molecule has 0 spiro atoms. The van der Waals surface area contributed by atoms with Crippen LogP contribution in [0.2, 0.25) is 0 Å². The van der Waals surface area contributed by atoms with Gasteiger partial charge in [-0.1, -0.05) is 6.42 Å². The number of fused-ring (bicyclic) bond motifs is 2. The molecule has 1 amide bonds. The Morgan fingerprint density at radius 2 is 1.95 bits per heavy atom. The SMILES string of the molecule is CC1O[C@@H]2[C@@H](CN1CC[C@H](N)C(=O)O)OC(n1cnc3c(N)nc(NCCNC(=O)CCCCCNS(C)(=O)=O)nc31)[C@@H]2O. The second-order valence-electron chi connectivity index (χ2n) is 11.0. The minimum Gasteiger partial charge on any atom is -0.480 e. The van der Waals surface area contributed by atoms with E-state index in [0.717, 1.165) is 12.7 Å². The van der Waals surface area contributed by atoms with Crippen molar-refractivity contribution in [2.45, 2.75) is 75.8 Å². The van der Waals surface area contributed by atoms with E-state index in [1.165, 1.54) is 6.33 Å². The summed E-state index contributed by atoms with van der Waals surface area (Å²) in [5.41, 5.74) is 12.5. The van der Waals surface area contributed by atoms with Crippen LogP contribution < -0.4 is 26.8 Å². The molecular formula is C25H42N10O8S. The average molecular weight is 643 g/mol. The lowest BCUT2D eigenvalue weighted by Gasteiger charge is -2.40. The molecule has 2 aliphatic rings. The predicted octanol–water partition coefficient (Wildman–Crippen LogP) is -1.85. The van der Waals surface area contributed by atoms with Crippen LogP contribution in [0.3, 0.4) is 0 Å². The number of nitrogens with zero attached hydrogens (tertiary/aromatic N) is 5. The van der Waals surface area contributed by atoms with Crippen molar-refractivity contribution < 1.29 is 37.7 Å². The van der Waals surface area contributed by atoms with Gasteiger partial charge in [0, 0.05) is 39.1 Å². The first-order valence-corrected chi connectivity index (χ1v) is 16.4. The number of aromatic nitrogens is 4. The fourth-order valence-electron chi connectivity index (χ4n) is 5.17. The number of hydrogen-bond donors (Lipinski definition) is 7. The van der Waals surface area contributed by atoms with Crippen LogP contribution in [-0.2, 0) is 29.1 Å². The zero-order valence-corrected chi connectivity index (χ0v) is 25.6. The third kappa shape index (κ3) is 8.71. The molecule has 18 nitrogen and oxygen atoms in total. The molecule has 6 atom stereocenters. The van der Waals surface area contributed by atoms with E-state index in [0.29, 0.717) is 63.2 Å². The minimum absolute atomic E-state index is 0.120. The predicted molar refractivity (Wildman–Crippen MR) is 159 cm³/mol. The second kappa shape index (κ2) is 14.7. The van der Waals surface area contributed by atoms with E-state index in [1.54, 1.807) is 4.57 Å². The van der Waals surface area contributed by atoms with Gasteiger partial charge in [0.1, 0.15) is 36.1 Å². The van der Waals surface area contributed by atoms with Crippen LogP contribution in [0.15, 0.2) is 6.33 Å². The third-order valence-electron chi connectivity index (χ3n) is 7.53. The highest BCUT2D eigenvalue weighted by atomic mass is 32.2. The fourth-order valence-corrected chi connectivity index (χ4v) is 5.69. The Labute approximate surface area is 254 Å². The molecule has 4 heterocycles. The zero-order chi connectivity index (χ0) is 32.0. The van der Waals surface area contributed by atoms with Crippen LogP contribution in [0.5, 0.6) is 0 Å². The zero-order valence-electron chi connectivity index (χ0n) is 24.8. The number of aliphatic hydroxyl groups is 1. The van der Waals surface area contributed by atoms with Gasteiger partial charge < -0.3 is 41.8 Å². The van der Waals surface area contributed by atoms with Crippen LogP contribution in [0.1, 0.15) is 45.3 Å². The number of carbonyl (C=O) groups is 2. The highest BCUT2D eigenvalue weighted by molar-refractivity contribution is 7.88. The molecule has 2 fully saturated rings. The largest absolute Gasteiger partial charge is 0.480 e. The molecule has 2 aliphatic heterocycles. The van der Waals surface area contributed by atoms with Gasteiger partial charge in [-0.25, -0.2) is 18.1 Å². The molecule has 0 bridgehead atoms. The van der Waals surface area contributed by atoms with Crippen LogP contribution in [-0.4, -0.2) is 124 Å². The molecule has 2 saturated heterocycles. The monoisotopic (exact) mass is 642 g/mol. The maximum Gasteiger partial charge on any atom is 0.320 e. The van der Waals surface area contributed by atoms with E-state index < -0.39 is 46.6 Å². The summed E-state index contributed by atoms with van der Waals surface area (Å²) in [5, 5.41) is 26.1. The number of carboxylic acids is 1. The first kappa shape index (κ1) is 33.7. The van der Waals surface area contributed by atoms with Crippen LogP contribution in [0.25, 0.3) is 11.2 Å². The Kier molecular flexibility index (Phi) is 11.3. The van der Waals surface area contributed by atoms with E-state index in [4.69, 9.17) is 26.0 Å². The molecule has 246 valence electrons. The van der Waals surface area contributed by atoms with E-state index in [1.807, 2.05) is 11.8 Å². The van der Waals surface area contributed by atoms with Gasteiger partial charge in [-0.05, 0) is 26.2 Å². The molecule has 2 aromatic heterocycles. The van der Waals surface area contributed by atoms with Crippen molar-refractivity contribution in [3.8, 4) is 0 Å². The first-order valence-electron chi connectivity index (χ1n) is 14.5. The van der Waals surface area contributed by atoms with Crippen molar-refractivity contribution in [2.24, 2.45) is 5.73 Å². The Balaban J connectivity index is 1.29. The maximum atomic E-state index is 12.1. The second-order valence-corrected chi connectivity index (χ2v) is 12.8. The van der Waals surface area contributed by atoms with E-state index >= 15 is 0 Å². The molecule has 0 saturated carbocycles. The lowest BCUT2D eigenvalue weighted by atomic mass is 10.1. The van der Waals surface area contributed by atoms with Crippen LogP contribution >= 0.6 is 0 Å². The van der Waals surface area contributed by atoms with Crippen LogP contribution in [0, 0.1) is 0 Å². The van der Waals surface area contributed by atoms with Crippen molar-refractivity contribution in [1.82, 2.24) is 34.5 Å². The van der Waals surface area contributed by atoms with Gasteiger partial charge in [0.2, 0.25) is 21.9 Å². The number of nitrogen functional groups attached to an aromatic ring is 1. The van der Waals surface area contributed by atoms with Crippen LogP contribution in [0.4, 0.5) is 11.8 Å². The molecule has 9 N–H and O–H groups in total. The van der Waals surface area contributed by atoms with Gasteiger partial charge in [0.15, 0.2) is 17.7 Å². The summed E-state index contributed by atoms with van der Waals surface area (Å²) in [4.78, 5) is 38.2. The number of rotatable bonds is 16. The maximum absolute atomic E-state index is 12.1. The van der Waals surface area contributed by atoms with Gasteiger partial charge in [-0.3, -0.25) is 19.1 Å². The number of hydrogen-bond acceptors (Lipinski definition) is 14. The minimum atomic E-state index is -3.20. The summed E-state index contributed by atoms with van der Waals surface area (Å²) in [7, 11) is -3.20. The lowest BCUT2D eigenvalue weighted by Crippen LogP contribution is -2.54. The van der Waals surface area contributed by atoms with Crippen molar-refractivity contribution in [3.63, 3.8) is 0 Å². The van der Waals surface area contributed by atoms with Crippen molar-refractivity contribution in [2.75, 3.05) is 50.0 Å². The molecule has 19 heteroatoms. The van der Waals surface area contributed by atoms with E-state index in [2.05, 4.69) is 30.3 Å². The number of amides is 1. The van der Waals surface area contributed by atoms with E-state index in [-0.39, 0.29) is 30.3 Å². The average Bonchev–Trinajstić information content (AvgIpc) is 3.51. The third-order valence-corrected chi connectivity index (χ3v) is 8.26. The summed E-state index contributed by atoms with van der Waals surface area (Å²) < 4.78 is 38.4. The summed E-state index contributed by atoms with van der Waals surface area (Å²) >= 11 is 0. The van der Waals surface area contributed by atoms with Crippen molar-refractivity contribution >= 4 is 44.8 Å². The Morgan fingerprint density at radius 1 is 1.18 bits per heavy atom. The topological polar surface area (TPSA) is 262 Å². The Hall–Kier alpha value is -3.20. The van der Waals surface area contributed by atoms with Gasteiger partial charge >= 0.3 is 5.97 Å². The molecule has 4 rings (SSSR count). The van der Waals surface area contributed by atoms with Gasteiger partial charge in [0.25, 0.3) is 0 Å². The highest BCUT2D eigenvalue weighted by Gasteiger charge is 2.50. The summed E-state index contributed by atoms with van der Waals surface area (Å²) in [5.74, 6) is -0.856. The standard InChI is InChI=1S/C25H42N10O8S/c1-14-34(11-7-15(26)24(38)39)12-16-20(42-14)19(37)23(43-16)35-13-30-18-21(27)32-25(33-22(18)35)29-10-9-28-17(36)6-4-3-5-8-31-44(2,40)41/h13-16,19-20,23,31,37H,3-12,26H2,1-2H3,(H,28,36)(H,38,39)(H3,27,29,32,33)/t14?,15-,16+,19+,20+,23?/m0/s1. The number of carboxylic acid groups (broad SMARTS) is 1. The number of ether oxygens (including phenoxy) is 2. The van der Waals surface area contributed by atoms with Gasteiger partial charge in [-0.15, -0.1) is 0 Å². The number of aliphatic hydroxyl groups excluding tert-OH is 1. The quantitative estimate of drug-likeness (QED) is 0.0992. The molecule has 44 heavy (non-hydrogen) atoms. The number of carbonyl (C=O) groups excluding carboxylic acids is 1. The first-order chi connectivity index (χ1) is 20.8. The summed E-state index contributed by atoms with van der Waals surface area (Å²) in [6.45, 7) is 3.61. The Bertz CT molecular complexity index is 1410. The number of aliphatic carboxylic acids is 1. The molecule has 2 unspecified atom stereocenters. The number of anilines is 2. The summed E-state index contributed by atoms with van der Waals surface area (Å²) in [6.07, 6.45) is 1.75. The van der Waals surface area contributed by atoms with E-state index in [9.17, 15) is 23.1 Å². The molecular weight excluding hydrogens is 600 g/mol.